The fraction of sp³-hybridized carbons (Fsp3) is 0.143. The molecule has 0 saturated heterocycles. The summed E-state index contributed by atoms with van der Waals surface area (Å²) in [5.41, 5.74) is -2.68. The topological polar surface area (TPSA) is 45.9 Å². The highest BCUT2D eigenvalue weighted by Gasteiger charge is 2.36. The molecule has 0 aliphatic carbocycles. The molecule has 3 nitrogen and oxygen atoms in total. The van der Waals surface area contributed by atoms with Gasteiger partial charge in [0.25, 0.3) is 0 Å². The van der Waals surface area contributed by atoms with Crippen LogP contribution in [-0.2, 0) is 6.18 Å². The van der Waals surface area contributed by atoms with E-state index in [0.29, 0.717) is 6.07 Å². The van der Waals surface area contributed by atoms with E-state index in [-0.39, 0.29) is 11.1 Å². The predicted octanol–water partition coefficient (Wildman–Crippen LogP) is 4.54. The zero-order chi connectivity index (χ0) is 17.3. The van der Waals surface area contributed by atoms with Crippen molar-refractivity contribution >= 4 is 0 Å². The van der Waals surface area contributed by atoms with Gasteiger partial charge in [-0.05, 0) is 12.1 Å². The van der Waals surface area contributed by atoms with Gasteiger partial charge in [0.05, 0.1) is 5.56 Å². The van der Waals surface area contributed by atoms with Crippen molar-refractivity contribution in [2.75, 3.05) is 0 Å². The lowest BCUT2D eigenvalue weighted by atomic mass is 10.0. The van der Waals surface area contributed by atoms with Crippen LogP contribution in [0, 0.1) is 11.3 Å². The normalized spacial score (nSPS) is 11.9. The molecule has 2 aromatic rings. The van der Waals surface area contributed by atoms with Crippen molar-refractivity contribution in [3.63, 3.8) is 0 Å². The minimum atomic E-state index is -5.00. The molecule has 0 saturated carbocycles. The van der Waals surface area contributed by atoms with Crippen LogP contribution in [-0.4, -0.2) is 11.3 Å². The summed E-state index contributed by atoms with van der Waals surface area (Å²) in [5, 5.41) is 8.66. The van der Waals surface area contributed by atoms with E-state index in [4.69, 9.17) is 5.26 Å². The third-order valence-electron chi connectivity index (χ3n) is 2.72. The summed E-state index contributed by atoms with van der Waals surface area (Å²) >= 11 is 0. The summed E-state index contributed by atoms with van der Waals surface area (Å²) in [4.78, 5) is 3.36. The first-order chi connectivity index (χ1) is 10.6. The van der Waals surface area contributed by atoms with Gasteiger partial charge < -0.3 is 4.74 Å². The fourth-order valence-corrected chi connectivity index (χ4v) is 1.84. The Kier molecular flexibility index (Phi) is 4.18. The zero-order valence-corrected chi connectivity index (χ0v) is 11.0. The molecule has 120 valence electrons. The average molecular weight is 332 g/mol. The van der Waals surface area contributed by atoms with E-state index in [9.17, 15) is 26.3 Å². The first-order valence-corrected chi connectivity index (χ1v) is 5.94. The van der Waals surface area contributed by atoms with Crippen molar-refractivity contribution in [2.45, 2.75) is 12.5 Å². The molecular weight excluding hydrogens is 326 g/mol. The van der Waals surface area contributed by atoms with Crippen LogP contribution in [0.5, 0.6) is 5.75 Å². The number of nitrogens with zero attached hydrogens (tertiary/aromatic N) is 2. The smallest absolute Gasteiger partial charge is 0.405 e. The number of rotatable bonds is 2. The highest BCUT2D eigenvalue weighted by molar-refractivity contribution is 5.71. The number of para-hydroxylation sites is 1. The Hall–Kier alpha value is -2.76. The van der Waals surface area contributed by atoms with Crippen LogP contribution >= 0.6 is 0 Å². The van der Waals surface area contributed by atoms with Gasteiger partial charge >= 0.3 is 12.5 Å². The van der Waals surface area contributed by atoms with Crippen LogP contribution in [0.25, 0.3) is 11.1 Å². The molecule has 0 unspecified atom stereocenters. The Labute approximate surface area is 125 Å². The SMILES string of the molecule is N#Cc1ncc(-c2ccccc2OC(F)(F)F)cc1C(F)(F)F. The van der Waals surface area contributed by atoms with E-state index < -0.39 is 29.5 Å². The molecule has 9 heteroatoms. The number of nitriles is 1. The Morgan fingerprint density at radius 3 is 2.26 bits per heavy atom. The second-order valence-electron chi connectivity index (χ2n) is 4.27. The molecule has 0 aliphatic rings. The molecule has 0 spiro atoms. The molecule has 0 bridgehead atoms. The molecular formula is C14H6F6N2O. The van der Waals surface area contributed by atoms with Crippen molar-refractivity contribution in [3.8, 4) is 22.9 Å². The summed E-state index contributed by atoms with van der Waals surface area (Å²) in [5.74, 6) is -0.667. The molecule has 2 rings (SSSR count). The van der Waals surface area contributed by atoms with Gasteiger partial charge in [0.1, 0.15) is 11.8 Å². The van der Waals surface area contributed by atoms with Gasteiger partial charge in [-0.15, -0.1) is 13.2 Å². The van der Waals surface area contributed by atoms with Gasteiger partial charge in [-0.2, -0.15) is 18.4 Å². The van der Waals surface area contributed by atoms with E-state index in [1.54, 1.807) is 0 Å². The molecule has 0 atom stereocenters. The number of hydrogen-bond donors (Lipinski definition) is 0. The van der Waals surface area contributed by atoms with Crippen molar-refractivity contribution in [2.24, 2.45) is 0 Å². The maximum absolute atomic E-state index is 12.9. The number of ether oxygens (including phenoxy) is 1. The standard InChI is InChI=1S/C14H6F6N2O/c15-13(16,17)10-5-8(7-22-11(10)6-21)9-3-1-2-4-12(9)23-14(18,19)20/h1-5,7H. The van der Waals surface area contributed by atoms with Gasteiger partial charge in [-0.3, -0.25) is 0 Å². The second-order valence-corrected chi connectivity index (χ2v) is 4.27. The van der Waals surface area contributed by atoms with Crippen LogP contribution in [0.15, 0.2) is 36.5 Å². The maximum atomic E-state index is 12.9. The Morgan fingerprint density at radius 2 is 1.70 bits per heavy atom. The molecule has 23 heavy (non-hydrogen) atoms. The number of benzene rings is 1. The third-order valence-corrected chi connectivity index (χ3v) is 2.72. The summed E-state index contributed by atoms with van der Waals surface area (Å²) in [7, 11) is 0. The third kappa shape index (κ3) is 3.91. The molecule has 0 amide bonds. The number of aromatic nitrogens is 1. The second kappa shape index (κ2) is 5.79. The van der Waals surface area contributed by atoms with Crippen LogP contribution in [0.3, 0.4) is 0 Å². The highest BCUT2D eigenvalue weighted by Crippen LogP contribution is 2.37. The molecule has 1 aromatic heterocycles. The number of alkyl halides is 6. The van der Waals surface area contributed by atoms with E-state index >= 15 is 0 Å². The van der Waals surface area contributed by atoms with E-state index in [1.807, 2.05) is 0 Å². The van der Waals surface area contributed by atoms with Crippen molar-refractivity contribution in [1.82, 2.24) is 4.98 Å². The van der Waals surface area contributed by atoms with Crippen molar-refractivity contribution in [1.29, 1.82) is 5.26 Å². The molecule has 0 fully saturated rings. The maximum Gasteiger partial charge on any atom is 0.573 e. The van der Waals surface area contributed by atoms with Gasteiger partial charge in [-0.25, -0.2) is 4.98 Å². The van der Waals surface area contributed by atoms with E-state index in [1.165, 1.54) is 18.2 Å². The van der Waals surface area contributed by atoms with Crippen LogP contribution in [0.4, 0.5) is 26.3 Å². The lowest BCUT2D eigenvalue weighted by molar-refractivity contribution is -0.274. The summed E-state index contributed by atoms with van der Waals surface area (Å²) in [6.45, 7) is 0. The largest absolute Gasteiger partial charge is 0.573 e. The number of hydrogen-bond acceptors (Lipinski definition) is 3. The van der Waals surface area contributed by atoms with Gasteiger partial charge in [-0.1, -0.05) is 18.2 Å². The molecule has 0 aliphatic heterocycles. The van der Waals surface area contributed by atoms with Crippen molar-refractivity contribution < 1.29 is 31.1 Å². The van der Waals surface area contributed by atoms with Crippen molar-refractivity contribution in [3.05, 3.63) is 47.8 Å². The summed E-state index contributed by atoms with van der Waals surface area (Å²) in [6, 6.07) is 6.55. The van der Waals surface area contributed by atoms with E-state index in [2.05, 4.69) is 9.72 Å². The van der Waals surface area contributed by atoms with Crippen LogP contribution in [0.2, 0.25) is 0 Å². The Bertz CT molecular complexity index is 761. The highest BCUT2D eigenvalue weighted by atomic mass is 19.4. The van der Waals surface area contributed by atoms with Crippen LogP contribution < -0.4 is 4.74 Å². The Balaban J connectivity index is 2.58. The molecule has 1 heterocycles. The van der Waals surface area contributed by atoms with Crippen LogP contribution in [0.1, 0.15) is 11.3 Å². The lowest BCUT2D eigenvalue weighted by Crippen LogP contribution is -2.17. The lowest BCUT2D eigenvalue weighted by Gasteiger charge is -2.14. The number of pyridine rings is 1. The monoisotopic (exact) mass is 332 g/mol. The molecule has 0 radical (unpaired) electrons. The number of halogens is 6. The molecule has 0 N–H and O–H groups in total. The fourth-order valence-electron chi connectivity index (χ4n) is 1.84. The first kappa shape index (κ1) is 16.6. The van der Waals surface area contributed by atoms with E-state index in [0.717, 1.165) is 18.3 Å². The quantitative estimate of drug-likeness (QED) is 0.759. The summed E-state index contributed by atoms with van der Waals surface area (Å²) < 4.78 is 79.6. The van der Waals surface area contributed by atoms with Gasteiger partial charge in [0.15, 0.2) is 5.69 Å². The molecule has 1 aromatic carbocycles. The summed E-state index contributed by atoms with van der Waals surface area (Å²) in [6.07, 6.45) is -8.98. The predicted molar refractivity (Wildman–Crippen MR) is 66.1 cm³/mol. The average Bonchev–Trinajstić information content (AvgIpc) is 2.44. The Morgan fingerprint density at radius 1 is 1.04 bits per heavy atom. The minimum absolute atomic E-state index is 0.229. The zero-order valence-electron chi connectivity index (χ0n) is 11.0. The van der Waals surface area contributed by atoms with Gasteiger partial charge in [0, 0.05) is 17.3 Å². The van der Waals surface area contributed by atoms with Gasteiger partial charge in [0.2, 0.25) is 0 Å². The first-order valence-electron chi connectivity index (χ1n) is 5.94. The minimum Gasteiger partial charge on any atom is -0.405 e.